The van der Waals surface area contributed by atoms with Crippen LogP contribution in [0.25, 0.3) is 0 Å². The fourth-order valence-electron chi connectivity index (χ4n) is 1.43. The molecule has 1 aromatic rings. The third-order valence-electron chi connectivity index (χ3n) is 2.56. The summed E-state index contributed by atoms with van der Waals surface area (Å²) in [5.41, 5.74) is 0.438. The maximum absolute atomic E-state index is 12.0. The summed E-state index contributed by atoms with van der Waals surface area (Å²) in [4.78, 5) is 13.6. The molecule has 1 amide bonds. The van der Waals surface area contributed by atoms with Gasteiger partial charge in [0, 0.05) is 20.6 Å². The Morgan fingerprint density at radius 2 is 2.18 bits per heavy atom. The van der Waals surface area contributed by atoms with Crippen LogP contribution in [0.5, 0.6) is 0 Å². The van der Waals surface area contributed by atoms with Crippen LogP contribution in [0.4, 0.5) is 0 Å². The summed E-state index contributed by atoms with van der Waals surface area (Å²) in [6.07, 6.45) is 0.111. The summed E-state index contributed by atoms with van der Waals surface area (Å²) in [6, 6.07) is 1.55. The van der Waals surface area contributed by atoms with E-state index in [0.717, 1.165) is 0 Å². The molecule has 6 heteroatoms. The Hall–Kier alpha value is -0.710. The molecule has 4 nitrogen and oxygen atoms in total. The molecule has 0 spiro atoms. The fourth-order valence-corrected chi connectivity index (χ4v) is 1.80. The number of aliphatic hydroxyl groups excluding tert-OH is 1. The van der Waals surface area contributed by atoms with Gasteiger partial charge in [-0.05, 0) is 19.4 Å². The molecule has 0 saturated carbocycles. The minimum Gasteiger partial charge on any atom is -0.393 e. The molecule has 0 aromatic carbocycles. The summed E-state index contributed by atoms with van der Waals surface area (Å²) in [6.45, 7) is 2.17. The number of carbonyl (C=O) groups excluding carboxylic acids is 1. The Morgan fingerprint density at radius 3 is 2.59 bits per heavy atom. The second kappa shape index (κ2) is 5.76. The van der Waals surface area contributed by atoms with Crippen molar-refractivity contribution in [3.05, 3.63) is 21.9 Å². The summed E-state index contributed by atoms with van der Waals surface area (Å²) < 4.78 is 1.55. The van der Waals surface area contributed by atoms with Crippen molar-refractivity contribution in [1.29, 1.82) is 0 Å². The molecule has 1 unspecified atom stereocenters. The third kappa shape index (κ3) is 3.37. The lowest BCUT2D eigenvalue weighted by molar-refractivity contribution is 0.0759. The first-order valence-corrected chi connectivity index (χ1v) is 6.04. The van der Waals surface area contributed by atoms with Gasteiger partial charge in [-0.1, -0.05) is 23.2 Å². The highest BCUT2D eigenvalue weighted by Crippen LogP contribution is 2.25. The first-order valence-electron chi connectivity index (χ1n) is 5.28. The van der Waals surface area contributed by atoms with Crippen molar-refractivity contribution in [1.82, 2.24) is 9.47 Å². The van der Waals surface area contributed by atoms with Crippen LogP contribution in [-0.2, 0) is 7.05 Å². The molecule has 1 atom stereocenters. The van der Waals surface area contributed by atoms with E-state index in [-0.39, 0.29) is 5.91 Å². The largest absolute Gasteiger partial charge is 0.393 e. The predicted octanol–water partition coefficient (Wildman–Crippen LogP) is 2.17. The standard InChI is InChI=1S/C11H16Cl2N2O2/c1-7(16)4-5-14(2)11(17)9-6-8(12)10(13)15(9)3/h6-7,16H,4-5H2,1-3H3. The zero-order chi connectivity index (χ0) is 13.2. The second-order valence-electron chi connectivity index (χ2n) is 4.09. The van der Waals surface area contributed by atoms with Gasteiger partial charge in [-0.25, -0.2) is 0 Å². The van der Waals surface area contributed by atoms with Gasteiger partial charge in [-0.3, -0.25) is 4.79 Å². The number of halogens is 2. The van der Waals surface area contributed by atoms with Gasteiger partial charge in [-0.15, -0.1) is 0 Å². The highest BCUT2D eigenvalue weighted by molar-refractivity contribution is 6.41. The first-order chi connectivity index (χ1) is 7.84. The van der Waals surface area contributed by atoms with Crippen LogP contribution < -0.4 is 0 Å². The molecular weight excluding hydrogens is 263 g/mol. The normalized spacial score (nSPS) is 12.6. The number of rotatable bonds is 4. The van der Waals surface area contributed by atoms with Crippen molar-refractivity contribution in [3.8, 4) is 0 Å². The van der Waals surface area contributed by atoms with Crippen LogP contribution in [-0.4, -0.2) is 40.2 Å². The minimum atomic E-state index is -0.425. The predicted molar refractivity (Wildman–Crippen MR) is 68.7 cm³/mol. The Balaban J connectivity index is 2.78. The number of hydrogen-bond acceptors (Lipinski definition) is 2. The first kappa shape index (κ1) is 14.4. The van der Waals surface area contributed by atoms with E-state index >= 15 is 0 Å². The van der Waals surface area contributed by atoms with E-state index in [2.05, 4.69) is 0 Å². The van der Waals surface area contributed by atoms with Gasteiger partial charge in [-0.2, -0.15) is 0 Å². The van der Waals surface area contributed by atoms with Crippen LogP contribution in [0.1, 0.15) is 23.8 Å². The van der Waals surface area contributed by atoms with Crippen molar-refractivity contribution in [3.63, 3.8) is 0 Å². The Morgan fingerprint density at radius 1 is 1.59 bits per heavy atom. The Bertz CT molecular complexity index is 416. The van der Waals surface area contributed by atoms with E-state index in [0.29, 0.717) is 28.8 Å². The third-order valence-corrected chi connectivity index (χ3v) is 3.41. The zero-order valence-electron chi connectivity index (χ0n) is 10.1. The van der Waals surface area contributed by atoms with Crippen molar-refractivity contribution in [2.75, 3.05) is 13.6 Å². The van der Waals surface area contributed by atoms with Gasteiger partial charge >= 0.3 is 0 Å². The van der Waals surface area contributed by atoms with E-state index in [1.807, 2.05) is 0 Å². The monoisotopic (exact) mass is 278 g/mol. The van der Waals surface area contributed by atoms with E-state index in [1.165, 1.54) is 4.90 Å². The Kier molecular flexibility index (Phi) is 4.86. The number of nitrogens with zero attached hydrogens (tertiary/aromatic N) is 2. The number of carbonyl (C=O) groups is 1. The second-order valence-corrected chi connectivity index (χ2v) is 4.86. The van der Waals surface area contributed by atoms with Gasteiger partial charge in [0.15, 0.2) is 0 Å². The molecule has 0 radical (unpaired) electrons. The molecule has 0 bridgehead atoms. The van der Waals surface area contributed by atoms with E-state index in [9.17, 15) is 9.90 Å². The van der Waals surface area contributed by atoms with E-state index in [4.69, 9.17) is 23.2 Å². The van der Waals surface area contributed by atoms with Gasteiger partial charge in [0.05, 0.1) is 11.1 Å². The van der Waals surface area contributed by atoms with Crippen LogP contribution in [0.2, 0.25) is 10.2 Å². The summed E-state index contributed by atoms with van der Waals surface area (Å²) in [7, 11) is 3.36. The van der Waals surface area contributed by atoms with E-state index in [1.54, 1.807) is 31.7 Å². The van der Waals surface area contributed by atoms with Gasteiger partial charge in [0.1, 0.15) is 10.8 Å². The number of aliphatic hydroxyl groups is 1. The molecule has 1 rings (SSSR count). The van der Waals surface area contributed by atoms with Gasteiger partial charge < -0.3 is 14.6 Å². The summed E-state index contributed by atoms with van der Waals surface area (Å²) in [5.74, 6) is -0.165. The van der Waals surface area contributed by atoms with Crippen LogP contribution in [0.3, 0.4) is 0 Å². The molecule has 0 aliphatic carbocycles. The lowest BCUT2D eigenvalue weighted by atomic mass is 10.2. The van der Waals surface area contributed by atoms with Crippen molar-refractivity contribution in [2.45, 2.75) is 19.4 Å². The lowest BCUT2D eigenvalue weighted by Gasteiger charge is -2.18. The molecule has 17 heavy (non-hydrogen) atoms. The fraction of sp³-hybridized carbons (Fsp3) is 0.545. The molecule has 0 aliphatic heterocycles. The molecule has 96 valence electrons. The molecular formula is C11H16Cl2N2O2. The van der Waals surface area contributed by atoms with Crippen molar-refractivity contribution >= 4 is 29.1 Å². The highest BCUT2D eigenvalue weighted by Gasteiger charge is 2.19. The number of aromatic nitrogens is 1. The van der Waals surface area contributed by atoms with Gasteiger partial charge in [0.2, 0.25) is 0 Å². The Labute approximate surface area is 111 Å². The minimum absolute atomic E-state index is 0.165. The topological polar surface area (TPSA) is 45.5 Å². The average molecular weight is 279 g/mol. The molecule has 0 saturated heterocycles. The molecule has 1 N–H and O–H groups in total. The van der Waals surface area contributed by atoms with Crippen molar-refractivity contribution in [2.24, 2.45) is 7.05 Å². The van der Waals surface area contributed by atoms with Crippen LogP contribution in [0.15, 0.2) is 6.07 Å². The maximum Gasteiger partial charge on any atom is 0.270 e. The zero-order valence-corrected chi connectivity index (χ0v) is 11.6. The molecule has 1 heterocycles. The highest BCUT2D eigenvalue weighted by atomic mass is 35.5. The van der Waals surface area contributed by atoms with Crippen LogP contribution in [0, 0.1) is 0 Å². The SMILES string of the molecule is CC(O)CCN(C)C(=O)c1cc(Cl)c(Cl)n1C. The lowest BCUT2D eigenvalue weighted by Crippen LogP contribution is -2.30. The average Bonchev–Trinajstić information content (AvgIpc) is 2.52. The number of amides is 1. The summed E-state index contributed by atoms with van der Waals surface area (Å²) >= 11 is 11.7. The number of hydrogen-bond donors (Lipinski definition) is 1. The van der Waals surface area contributed by atoms with Gasteiger partial charge in [0.25, 0.3) is 5.91 Å². The quantitative estimate of drug-likeness (QED) is 0.918. The van der Waals surface area contributed by atoms with Crippen molar-refractivity contribution < 1.29 is 9.90 Å². The summed E-state index contributed by atoms with van der Waals surface area (Å²) in [5, 5.41) is 9.88. The molecule has 0 fully saturated rings. The molecule has 0 aliphatic rings. The van der Waals surface area contributed by atoms with Crippen LogP contribution >= 0.6 is 23.2 Å². The maximum atomic E-state index is 12.0. The smallest absolute Gasteiger partial charge is 0.270 e. The molecule has 1 aromatic heterocycles. The van der Waals surface area contributed by atoms with E-state index < -0.39 is 6.10 Å².